The number of esters is 1. The highest BCUT2D eigenvalue weighted by molar-refractivity contribution is 5.87. The van der Waals surface area contributed by atoms with Crippen molar-refractivity contribution in [2.45, 2.75) is 69.5 Å². The molecule has 1 saturated carbocycles. The maximum Gasteiger partial charge on any atom is 0.333 e. The van der Waals surface area contributed by atoms with Crippen molar-refractivity contribution in [2.24, 2.45) is 0 Å². The van der Waals surface area contributed by atoms with Gasteiger partial charge in [0.15, 0.2) is 6.10 Å². The lowest BCUT2D eigenvalue weighted by atomic mass is 9.98. The lowest BCUT2D eigenvalue weighted by Gasteiger charge is -2.23. The number of carbonyl (C=O) groups excluding carboxylic acids is 1. The minimum absolute atomic E-state index is 0.169. The first-order chi connectivity index (χ1) is 11.1. The number of hydrogen-bond acceptors (Lipinski definition) is 6. The Kier molecular flexibility index (Phi) is 5.69. The highest BCUT2D eigenvalue weighted by Gasteiger charge is 2.50. The van der Waals surface area contributed by atoms with Gasteiger partial charge in [0.05, 0.1) is 19.3 Å². The van der Waals surface area contributed by atoms with Gasteiger partial charge in [-0.1, -0.05) is 25.8 Å². The average molecular weight is 326 g/mol. The van der Waals surface area contributed by atoms with Crippen LogP contribution in [0.2, 0.25) is 0 Å². The molecule has 2 aliphatic heterocycles. The molecule has 2 heterocycles. The first-order valence-corrected chi connectivity index (χ1v) is 8.48. The van der Waals surface area contributed by atoms with E-state index in [2.05, 4.69) is 6.58 Å². The first kappa shape index (κ1) is 16.9. The van der Waals surface area contributed by atoms with Crippen LogP contribution in [-0.4, -0.2) is 56.5 Å². The molecule has 0 amide bonds. The van der Waals surface area contributed by atoms with Crippen molar-refractivity contribution in [3.05, 3.63) is 12.2 Å². The fourth-order valence-electron chi connectivity index (χ4n) is 3.37. The lowest BCUT2D eigenvalue weighted by molar-refractivity contribution is -0.151. The smallest absolute Gasteiger partial charge is 0.333 e. The summed E-state index contributed by atoms with van der Waals surface area (Å²) >= 11 is 0. The monoisotopic (exact) mass is 326 g/mol. The van der Waals surface area contributed by atoms with Crippen molar-refractivity contribution in [1.82, 2.24) is 0 Å². The van der Waals surface area contributed by atoms with Crippen molar-refractivity contribution in [1.29, 1.82) is 0 Å². The molecule has 3 aliphatic rings. The van der Waals surface area contributed by atoms with Crippen molar-refractivity contribution in [2.75, 3.05) is 20.0 Å². The third-order valence-electron chi connectivity index (χ3n) is 4.71. The Morgan fingerprint density at radius 3 is 2.39 bits per heavy atom. The van der Waals surface area contributed by atoms with Gasteiger partial charge >= 0.3 is 5.97 Å². The average Bonchev–Trinajstić information content (AvgIpc) is 3.12. The molecule has 3 rings (SSSR count). The van der Waals surface area contributed by atoms with E-state index in [1.165, 1.54) is 19.3 Å². The van der Waals surface area contributed by atoms with E-state index in [0.29, 0.717) is 24.9 Å². The summed E-state index contributed by atoms with van der Waals surface area (Å²) in [6, 6.07) is 0. The molecule has 3 fully saturated rings. The van der Waals surface area contributed by atoms with Crippen LogP contribution in [0.1, 0.15) is 39.0 Å². The Hall–Kier alpha value is -0.950. The second kappa shape index (κ2) is 7.75. The molecular formula is C17H26O6. The zero-order valence-electron chi connectivity index (χ0n) is 13.7. The van der Waals surface area contributed by atoms with Gasteiger partial charge in [-0.25, -0.2) is 4.79 Å². The Morgan fingerprint density at radius 1 is 1.04 bits per heavy atom. The first-order valence-electron chi connectivity index (χ1n) is 8.48. The van der Waals surface area contributed by atoms with Crippen LogP contribution in [0.4, 0.5) is 0 Å². The summed E-state index contributed by atoms with van der Waals surface area (Å²) in [5, 5.41) is 0. The van der Waals surface area contributed by atoms with Gasteiger partial charge in [0.1, 0.15) is 25.1 Å². The third-order valence-corrected chi connectivity index (χ3v) is 4.71. The van der Waals surface area contributed by atoms with Gasteiger partial charge < -0.3 is 23.7 Å². The van der Waals surface area contributed by atoms with E-state index in [0.717, 1.165) is 12.8 Å². The maximum absolute atomic E-state index is 11.6. The van der Waals surface area contributed by atoms with Gasteiger partial charge in [0.2, 0.25) is 0 Å². The largest absolute Gasteiger partial charge is 0.454 e. The lowest BCUT2D eigenvalue weighted by Crippen LogP contribution is -2.35. The molecule has 0 spiro atoms. The van der Waals surface area contributed by atoms with Crippen LogP contribution in [0.25, 0.3) is 0 Å². The molecule has 0 aromatic heterocycles. The van der Waals surface area contributed by atoms with Gasteiger partial charge in [-0.15, -0.1) is 0 Å². The zero-order chi connectivity index (χ0) is 16.2. The molecular weight excluding hydrogens is 300 g/mol. The standard InChI is InChI=1S/C17H26O6/c1-11(2)17(18)23-14-9-20-15-13(8-19-16(14)15)22-10-21-12-6-4-3-5-7-12/h12-16H,1,3-10H2,2H3/t13-,14+,15-,16+/m1/s1. The molecule has 4 atom stereocenters. The van der Waals surface area contributed by atoms with Crippen molar-refractivity contribution in [3.8, 4) is 0 Å². The molecule has 6 nitrogen and oxygen atoms in total. The molecule has 0 bridgehead atoms. The van der Waals surface area contributed by atoms with Crippen LogP contribution < -0.4 is 0 Å². The molecule has 1 aliphatic carbocycles. The minimum atomic E-state index is -0.409. The third kappa shape index (κ3) is 4.12. The van der Waals surface area contributed by atoms with E-state index in [1.807, 2.05) is 0 Å². The van der Waals surface area contributed by atoms with Crippen LogP contribution >= 0.6 is 0 Å². The van der Waals surface area contributed by atoms with E-state index >= 15 is 0 Å². The summed E-state index contributed by atoms with van der Waals surface area (Å²) in [5.74, 6) is -0.409. The maximum atomic E-state index is 11.6. The summed E-state index contributed by atoms with van der Waals surface area (Å²) in [6.45, 7) is 6.24. The molecule has 130 valence electrons. The van der Waals surface area contributed by atoms with E-state index in [-0.39, 0.29) is 25.1 Å². The minimum Gasteiger partial charge on any atom is -0.454 e. The number of hydrogen-bond donors (Lipinski definition) is 0. The van der Waals surface area contributed by atoms with E-state index in [4.69, 9.17) is 23.7 Å². The van der Waals surface area contributed by atoms with Gasteiger partial charge in [-0.2, -0.15) is 0 Å². The molecule has 0 unspecified atom stereocenters. The topological polar surface area (TPSA) is 63.2 Å². The van der Waals surface area contributed by atoms with Crippen molar-refractivity contribution >= 4 is 5.97 Å². The predicted octanol–water partition coefficient (Wildman–Crippen LogP) is 1.96. The van der Waals surface area contributed by atoms with Crippen LogP contribution in [0.5, 0.6) is 0 Å². The van der Waals surface area contributed by atoms with Crippen molar-refractivity contribution in [3.63, 3.8) is 0 Å². The molecule has 0 aromatic rings. The number of carbonyl (C=O) groups is 1. The second-order valence-corrected chi connectivity index (χ2v) is 6.57. The SMILES string of the molecule is C=C(C)C(=O)O[C@H]1CO[C@H]2[C@H]1OC[C@H]2OCOC1CCCCC1. The molecule has 0 radical (unpaired) electrons. The Labute approximate surface area is 137 Å². The fraction of sp³-hybridized carbons (Fsp3) is 0.824. The molecule has 6 heteroatoms. The fourth-order valence-corrected chi connectivity index (χ4v) is 3.37. The predicted molar refractivity (Wildman–Crippen MR) is 81.9 cm³/mol. The molecule has 0 aromatic carbocycles. The molecule has 0 N–H and O–H groups in total. The Balaban J connectivity index is 1.41. The van der Waals surface area contributed by atoms with E-state index in [1.54, 1.807) is 6.92 Å². The van der Waals surface area contributed by atoms with Crippen LogP contribution in [0.15, 0.2) is 12.2 Å². The number of fused-ring (bicyclic) bond motifs is 1. The van der Waals surface area contributed by atoms with Crippen LogP contribution in [0, 0.1) is 0 Å². The Bertz CT molecular complexity index is 431. The number of rotatable bonds is 6. The van der Waals surface area contributed by atoms with Gasteiger partial charge in [0, 0.05) is 5.57 Å². The van der Waals surface area contributed by atoms with Gasteiger partial charge in [0.25, 0.3) is 0 Å². The summed E-state index contributed by atoms with van der Waals surface area (Å²) in [7, 11) is 0. The van der Waals surface area contributed by atoms with E-state index < -0.39 is 12.1 Å². The zero-order valence-corrected chi connectivity index (χ0v) is 13.7. The summed E-state index contributed by atoms with van der Waals surface area (Å²) in [4.78, 5) is 11.6. The summed E-state index contributed by atoms with van der Waals surface area (Å²) < 4.78 is 28.4. The van der Waals surface area contributed by atoms with Gasteiger partial charge in [-0.05, 0) is 19.8 Å². The summed E-state index contributed by atoms with van der Waals surface area (Å²) in [6.07, 6.45) is 5.30. The normalized spacial score (nSPS) is 34.3. The summed E-state index contributed by atoms with van der Waals surface area (Å²) in [5.41, 5.74) is 0.375. The number of ether oxygens (including phenoxy) is 5. The highest BCUT2D eigenvalue weighted by atomic mass is 16.7. The Morgan fingerprint density at radius 2 is 1.70 bits per heavy atom. The molecule has 23 heavy (non-hydrogen) atoms. The molecule has 2 saturated heterocycles. The van der Waals surface area contributed by atoms with Gasteiger partial charge in [-0.3, -0.25) is 0 Å². The second-order valence-electron chi connectivity index (χ2n) is 6.57. The van der Waals surface area contributed by atoms with E-state index in [9.17, 15) is 4.79 Å². The van der Waals surface area contributed by atoms with Crippen molar-refractivity contribution < 1.29 is 28.5 Å². The highest BCUT2D eigenvalue weighted by Crippen LogP contribution is 2.31. The van der Waals surface area contributed by atoms with Crippen LogP contribution in [-0.2, 0) is 28.5 Å². The quantitative estimate of drug-likeness (QED) is 0.422. The van der Waals surface area contributed by atoms with Crippen LogP contribution in [0.3, 0.4) is 0 Å².